The lowest BCUT2D eigenvalue weighted by Crippen LogP contribution is -2.17. The van der Waals surface area contributed by atoms with E-state index in [2.05, 4.69) is 4.98 Å². The van der Waals surface area contributed by atoms with Crippen molar-refractivity contribution in [1.82, 2.24) is 4.98 Å². The fourth-order valence-corrected chi connectivity index (χ4v) is 2.07. The molecule has 1 atom stereocenters. The number of benzene rings is 1. The molecule has 2 N–H and O–H groups in total. The Labute approximate surface area is 103 Å². The molecule has 0 saturated carbocycles. The van der Waals surface area contributed by atoms with E-state index in [1.165, 1.54) is 0 Å². The first kappa shape index (κ1) is 11.1. The maximum absolute atomic E-state index is 11.8. The van der Waals surface area contributed by atoms with Gasteiger partial charge in [-0.1, -0.05) is 0 Å². The van der Waals surface area contributed by atoms with Crippen LogP contribution in [-0.2, 0) is 0 Å². The van der Waals surface area contributed by atoms with E-state index in [-0.39, 0.29) is 5.56 Å². The summed E-state index contributed by atoms with van der Waals surface area (Å²) in [6.07, 6.45) is -0.800. The molecule has 0 saturated heterocycles. The molecule has 0 aliphatic carbocycles. The van der Waals surface area contributed by atoms with Gasteiger partial charge >= 0.3 is 0 Å². The molecule has 0 radical (unpaired) electrons. The SMILES string of the molecule is CC(O)c1cc2cc3c(cc2[nH]c1=O)OCCO3. The molecule has 0 spiro atoms. The predicted octanol–water partition coefficient (Wildman–Crippen LogP) is 1.35. The van der Waals surface area contributed by atoms with Crippen molar-refractivity contribution in [2.45, 2.75) is 13.0 Å². The average molecular weight is 247 g/mol. The summed E-state index contributed by atoms with van der Waals surface area (Å²) in [6.45, 7) is 2.59. The second-order valence-corrected chi connectivity index (χ2v) is 4.31. The van der Waals surface area contributed by atoms with Crippen LogP contribution in [0.4, 0.5) is 0 Å². The Bertz CT molecular complexity index is 660. The predicted molar refractivity (Wildman–Crippen MR) is 66.2 cm³/mol. The lowest BCUT2D eigenvalue weighted by Gasteiger charge is -2.19. The van der Waals surface area contributed by atoms with E-state index in [9.17, 15) is 9.90 Å². The van der Waals surface area contributed by atoms with Crippen LogP contribution in [0, 0.1) is 0 Å². The summed E-state index contributed by atoms with van der Waals surface area (Å²) in [5, 5.41) is 10.3. The first-order valence-corrected chi connectivity index (χ1v) is 5.80. The van der Waals surface area contributed by atoms with Crippen molar-refractivity contribution in [3.63, 3.8) is 0 Å². The van der Waals surface area contributed by atoms with Gasteiger partial charge in [-0.2, -0.15) is 0 Å². The van der Waals surface area contributed by atoms with Crippen LogP contribution in [-0.4, -0.2) is 23.3 Å². The molecule has 5 heteroatoms. The van der Waals surface area contributed by atoms with E-state index < -0.39 is 6.10 Å². The maximum atomic E-state index is 11.8. The Balaban J connectivity index is 2.25. The number of hydrogen-bond acceptors (Lipinski definition) is 4. The Kier molecular flexibility index (Phi) is 2.48. The van der Waals surface area contributed by atoms with E-state index in [1.807, 2.05) is 6.07 Å². The molecular formula is C13H13NO4. The highest BCUT2D eigenvalue weighted by molar-refractivity contribution is 5.83. The number of aliphatic hydroxyl groups is 1. The number of H-pyrrole nitrogens is 1. The highest BCUT2D eigenvalue weighted by Crippen LogP contribution is 2.33. The highest BCUT2D eigenvalue weighted by atomic mass is 16.6. The Morgan fingerprint density at radius 3 is 2.56 bits per heavy atom. The molecule has 0 amide bonds. The number of rotatable bonds is 1. The minimum atomic E-state index is -0.800. The van der Waals surface area contributed by atoms with E-state index >= 15 is 0 Å². The molecule has 18 heavy (non-hydrogen) atoms. The minimum absolute atomic E-state index is 0.283. The molecule has 0 fully saturated rings. The molecule has 1 aromatic carbocycles. The standard InChI is InChI=1S/C13H13NO4/c1-7(15)9-4-8-5-11-12(18-3-2-17-11)6-10(8)14-13(9)16/h4-7,15H,2-3H2,1H3,(H,14,16). The molecule has 1 unspecified atom stereocenters. The van der Waals surface area contributed by atoms with Crippen LogP contribution in [0.1, 0.15) is 18.6 Å². The number of aromatic amines is 1. The monoisotopic (exact) mass is 247 g/mol. The van der Waals surface area contributed by atoms with Gasteiger partial charge in [-0.05, 0) is 19.1 Å². The van der Waals surface area contributed by atoms with Crippen LogP contribution in [0.2, 0.25) is 0 Å². The quantitative estimate of drug-likeness (QED) is 0.798. The van der Waals surface area contributed by atoms with E-state index in [1.54, 1.807) is 19.1 Å². The Morgan fingerprint density at radius 1 is 1.22 bits per heavy atom. The molecule has 2 aromatic rings. The molecule has 0 bridgehead atoms. The second-order valence-electron chi connectivity index (χ2n) is 4.31. The van der Waals surface area contributed by atoms with Crippen molar-refractivity contribution >= 4 is 10.9 Å². The van der Waals surface area contributed by atoms with Gasteiger partial charge in [0.1, 0.15) is 13.2 Å². The van der Waals surface area contributed by atoms with Gasteiger partial charge in [0.15, 0.2) is 11.5 Å². The zero-order valence-electron chi connectivity index (χ0n) is 9.90. The smallest absolute Gasteiger partial charge is 0.254 e. The summed E-state index contributed by atoms with van der Waals surface area (Å²) in [5.41, 5.74) is 0.738. The van der Waals surface area contributed by atoms with E-state index in [0.29, 0.717) is 35.8 Å². The van der Waals surface area contributed by atoms with Gasteiger partial charge in [0.25, 0.3) is 5.56 Å². The summed E-state index contributed by atoms with van der Waals surface area (Å²) in [7, 11) is 0. The first-order valence-electron chi connectivity index (χ1n) is 5.80. The van der Waals surface area contributed by atoms with Crippen LogP contribution in [0.25, 0.3) is 10.9 Å². The number of ether oxygens (including phenoxy) is 2. The van der Waals surface area contributed by atoms with E-state index in [0.717, 1.165) is 5.39 Å². The maximum Gasteiger partial charge on any atom is 0.254 e. The largest absolute Gasteiger partial charge is 0.486 e. The van der Waals surface area contributed by atoms with Crippen molar-refractivity contribution in [1.29, 1.82) is 0 Å². The summed E-state index contributed by atoms with van der Waals surface area (Å²) in [4.78, 5) is 14.5. The Morgan fingerprint density at radius 2 is 1.89 bits per heavy atom. The lowest BCUT2D eigenvalue weighted by atomic mass is 10.1. The highest BCUT2D eigenvalue weighted by Gasteiger charge is 2.15. The molecule has 1 aliphatic heterocycles. The summed E-state index contributed by atoms with van der Waals surface area (Å²) < 4.78 is 10.9. The minimum Gasteiger partial charge on any atom is -0.486 e. The van der Waals surface area contributed by atoms with Gasteiger partial charge in [0, 0.05) is 17.0 Å². The zero-order chi connectivity index (χ0) is 12.7. The fraction of sp³-hybridized carbons (Fsp3) is 0.308. The number of aliphatic hydroxyl groups excluding tert-OH is 1. The summed E-state index contributed by atoms with van der Waals surface area (Å²) in [5.74, 6) is 1.30. The third kappa shape index (κ3) is 1.73. The topological polar surface area (TPSA) is 71.5 Å². The normalized spacial score (nSPS) is 15.7. The van der Waals surface area contributed by atoms with Gasteiger partial charge in [0.2, 0.25) is 0 Å². The van der Waals surface area contributed by atoms with Crippen LogP contribution in [0.3, 0.4) is 0 Å². The first-order chi connectivity index (χ1) is 8.65. The van der Waals surface area contributed by atoms with Gasteiger partial charge in [-0.15, -0.1) is 0 Å². The molecular weight excluding hydrogens is 234 g/mol. The van der Waals surface area contributed by atoms with Crippen molar-refractivity contribution in [3.8, 4) is 11.5 Å². The molecule has 94 valence electrons. The Hall–Kier alpha value is -2.01. The van der Waals surface area contributed by atoms with Gasteiger partial charge < -0.3 is 19.6 Å². The van der Waals surface area contributed by atoms with Crippen molar-refractivity contribution < 1.29 is 14.6 Å². The van der Waals surface area contributed by atoms with Gasteiger partial charge in [-0.3, -0.25) is 4.79 Å². The number of pyridine rings is 1. The lowest BCUT2D eigenvalue weighted by molar-refractivity contribution is 0.172. The van der Waals surface area contributed by atoms with Gasteiger partial charge in [0.05, 0.1) is 11.6 Å². The average Bonchev–Trinajstić information content (AvgIpc) is 2.35. The van der Waals surface area contributed by atoms with Crippen LogP contribution in [0.15, 0.2) is 23.0 Å². The molecule has 2 heterocycles. The van der Waals surface area contributed by atoms with Crippen LogP contribution in [0.5, 0.6) is 11.5 Å². The zero-order valence-corrected chi connectivity index (χ0v) is 9.90. The van der Waals surface area contributed by atoms with Crippen LogP contribution >= 0.6 is 0 Å². The molecule has 1 aliphatic rings. The third-order valence-corrected chi connectivity index (χ3v) is 2.99. The van der Waals surface area contributed by atoms with Crippen LogP contribution < -0.4 is 15.0 Å². The molecule has 5 nitrogen and oxygen atoms in total. The second kappa shape index (κ2) is 4.03. The van der Waals surface area contributed by atoms with Crippen molar-refractivity contribution in [3.05, 3.63) is 34.1 Å². The summed E-state index contributed by atoms with van der Waals surface area (Å²) in [6, 6.07) is 5.24. The van der Waals surface area contributed by atoms with Crippen molar-refractivity contribution in [2.24, 2.45) is 0 Å². The fourth-order valence-electron chi connectivity index (χ4n) is 2.07. The van der Waals surface area contributed by atoms with Crippen molar-refractivity contribution in [2.75, 3.05) is 13.2 Å². The van der Waals surface area contributed by atoms with E-state index in [4.69, 9.17) is 9.47 Å². The molecule has 1 aromatic heterocycles. The molecule has 3 rings (SSSR count). The number of fused-ring (bicyclic) bond motifs is 2. The van der Waals surface area contributed by atoms with Gasteiger partial charge in [-0.25, -0.2) is 0 Å². The summed E-state index contributed by atoms with van der Waals surface area (Å²) >= 11 is 0. The third-order valence-electron chi connectivity index (χ3n) is 2.99. The number of aromatic nitrogens is 1. The number of hydrogen-bond donors (Lipinski definition) is 2. The number of nitrogens with one attached hydrogen (secondary N) is 1.